The molecule has 0 bridgehead atoms. The van der Waals surface area contributed by atoms with Gasteiger partial charge in [-0.05, 0) is 45.4 Å². The Hall–Kier alpha value is -1.75. The van der Waals surface area contributed by atoms with Gasteiger partial charge in [-0.2, -0.15) is 0 Å². The van der Waals surface area contributed by atoms with E-state index < -0.39 is 0 Å². The summed E-state index contributed by atoms with van der Waals surface area (Å²) in [5.41, 5.74) is 0.846. The molecule has 2 N–H and O–H groups in total. The quantitative estimate of drug-likeness (QED) is 0.889. The second-order valence-corrected chi connectivity index (χ2v) is 6.32. The number of nitrogens with one attached hydrogen (secondary N) is 2. The third kappa shape index (κ3) is 4.63. The lowest BCUT2D eigenvalue weighted by Crippen LogP contribution is -2.49. The Labute approximate surface area is 126 Å². The molecular weight excluding hydrogens is 268 g/mol. The summed E-state index contributed by atoms with van der Waals surface area (Å²) in [4.78, 5) is 12.0. The summed E-state index contributed by atoms with van der Waals surface area (Å²) in [6.45, 7) is 9.55. The molecule has 1 heterocycles. The van der Waals surface area contributed by atoms with Gasteiger partial charge in [0, 0.05) is 12.1 Å². The van der Waals surface area contributed by atoms with Crippen LogP contribution in [-0.2, 0) is 11.3 Å². The minimum atomic E-state index is -0.252. The molecule has 1 amide bonds. The molecule has 5 heteroatoms. The zero-order valence-electron chi connectivity index (χ0n) is 13.2. The molecule has 21 heavy (non-hydrogen) atoms. The van der Waals surface area contributed by atoms with E-state index in [1.807, 2.05) is 45.9 Å². The normalized spacial score (nSPS) is 15.4. The lowest BCUT2D eigenvalue weighted by molar-refractivity contribution is -0.124. The molecule has 5 nitrogen and oxygen atoms in total. The number of carbonyl (C=O) groups excluding carboxylic acids is 1. The Kier molecular flexibility index (Phi) is 4.73. The minimum Gasteiger partial charge on any atom is -0.486 e. The maximum Gasteiger partial charge on any atom is 0.237 e. The maximum absolute atomic E-state index is 12.0. The summed E-state index contributed by atoms with van der Waals surface area (Å²) >= 11 is 0. The Bertz CT molecular complexity index is 509. The monoisotopic (exact) mass is 292 g/mol. The van der Waals surface area contributed by atoms with E-state index in [-0.39, 0.29) is 17.5 Å². The van der Waals surface area contributed by atoms with Gasteiger partial charge in [0.2, 0.25) is 5.91 Å². The number of ether oxygens (including phenoxy) is 2. The van der Waals surface area contributed by atoms with Gasteiger partial charge in [-0.3, -0.25) is 4.79 Å². The largest absolute Gasteiger partial charge is 0.486 e. The molecule has 0 saturated heterocycles. The van der Waals surface area contributed by atoms with Crippen LogP contribution in [-0.4, -0.2) is 30.7 Å². The van der Waals surface area contributed by atoms with Crippen LogP contribution in [0.25, 0.3) is 0 Å². The molecule has 1 atom stereocenters. The number of fused-ring (bicyclic) bond motifs is 1. The fraction of sp³-hybridized carbons (Fsp3) is 0.562. The van der Waals surface area contributed by atoms with E-state index in [4.69, 9.17) is 9.47 Å². The predicted octanol–water partition coefficient (Wildman–Crippen LogP) is 1.85. The summed E-state index contributed by atoms with van der Waals surface area (Å²) in [5.74, 6) is 1.55. The maximum atomic E-state index is 12.0. The summed E-state index contributed by atoms with van der Waals surface area (Å²) in [6.07, 6.45) is 0. The molecule has 0 fully saturated rings. The van der Waals surface area contributed by atoms with Gasteiger partial charge in [0.05, 0.1) is 6.04 Å². The number of rotatable bonds is 4. The van der Waals surface area contributed by atoms with Crippen molar-refractivity contribution in [2.75, 3.05) is 13.2 Å². The van der Waals surface area contributed by atoms with Crippen LogP contribution in [0.5, 0.6) is 11.5 Å². The molecule has 1 aromatic rings. The number of hydrogen-bond donors (Lipinski definition) is 2. The van der Waals surface area contributed by atoms with E-state index in [0.717, 1.165) is 17.1 Å². The van der Waals surface area contributed by atoms with Crippen molar-refractivity contribution in [2.24, 2.45) is 0 Å². The van der Waals surface area contributed by atoms with Crippen LogP contribution in [0.2, 0.25) is 0 Å². The van der Waals surface area contributed by atoms with E-state index in [9.17, 15) is 4.79 Å². The van der Waals surface area contributed by atoms with Crippen LogP contribution in [0.4, 0.5) is 0 Å². The van der Waals surface area contributed by atoms with Crippen LogP contribution < -0.4 is 20.1 Å². The van der Waals surface area contributed by atoms with Crippen molar-refractivity contribution in [2.45, 2.75) is 45.8 Å². The molecule has 1 unspecified atom stereocenters. The molecule has 1 aromatic carbocycles. The van der Waals surface area contributed by atoms with Gasteiger partial charge in [0.1, 0.15) is 13.2 Å². The van der Waals surface area contributed by atoms with Gasteiger partial charge in [-0.25, -0.2) is 0 Å². The molecule has 116 valence electrons. The highest BCUT2D eigenvalue weighted by molar-refractivity contribution is 5.81. The van der Waals surface area contributed by atoms with Crippen LogP contribution in [0.1, 0.15) is 33.3 Å². The van der Waals surface area contributed by atoms with E-state index in [2.05, 4.69) is 10.6 Å². The van der Waals surface area contributed by atoms with Gasteiger partial charge >= 0.3 is 0 Å². The zero-order chi connectivity index (χ0) is 15.5. The summed E-state index contributed by atoms with van der Waals surface area (Å²) < 4.78 is 11.0. The number of carbonyl (C=O) groups is 1. The van der Waals surface area contributed by atoms with Gasteiger partial charge in [0.15, 0.2) is 11.5 Å². The first-order chi connectivity index (χ1) is 9.85. The first-order valence-corrected chi connectivity index (χ1v) is 7.29. The second kappa shape index (κ2) is 6.35. The van der Waals surface area contributed by atoms with Crippen LogP contribution >= 0.6 is 0 Å². The molecule has 0 saturated carbocycles. The fourth-order valence-corrected chi connectivity index (χ4v) is 2.04. The second-order valence-electron chi connectivity index (χ2n) is 6.32. The van der Waals surface area contributed by atoms with E-state index in [0.29, 0.717) is 19.8 Å². The fourth-order valence-electron chi connectivity index (χ4n) is 2.04. The highest BCUT2D eigenvalue weighted by Gasteiger charge is 2.19. The number of amides is 1. The first-order valence-electron chi connectivity index (χ1n) is 7.29. The van der Waals surface area contributed by atoms with Crippen LogP contribution in [0.3, 0.4) is 0 Å². The van der Waals surface area contributed by atoms with E-state index in [1.165, 1.54) is 0 Å². The smallest absolute Gasteiger partial charge is 0.237 e. The lowest BCUT2D eigenvalue weighted by atomic mass is 10.1. The SMILES string of the molecule is CC(NCc1ccc2c(c1)OCCO2)C(=O)NC(C)(C)C. The summed E-state index contributed by atoms with van der Waals surface area (Å²) in [7, 11) is 0. The topological polar surface area (TPSA) is 59.6 Å². The van der Waals surface area contributed by atoms with Crippen LogP contribution in [0.15, 0.2) is 18.2 Å². The third-order valence-corrected chi connectivity index (χ3v) is 3.11. The minimum absolute atomic E-state index is 0.0000401. The highest BCUT2D eigenvalue weighted by Crippen LogP contribution is 2.30. The van der Waals surface area contributed by atoms with E-state index in [1.54, 1.807) is 0 Å². The van der Waals surface area contributed by atoms with E-state index >= 15 is 0 Å². The molecule has 1 aliphatic rings. The molecule has 2 rings (SSSR count). The molecule has 0 aromatic heterocycles. The van der Waals surface area contributed by atoms with Crippen molar-refractivity contribution in [3.05, 3.63) is 23.8 Å². The van der Waals surface area contributed by atoms with Crippen molar-refractivity contribution < 1.29 is 14.3 Å². The van der Waals surface area contributed by atoms with Crippen molar-refractivity contribution in [1.29, 1.82) is 0 Å². The van der Waals surface area contributed by atoms with Crippen molar-refractivity contribution in [3.63, 3.8) is 0 Å². The van der Waals surface area contributed by atoms with Crippen LogP contribution in [0, 0.1) is 0 Å². The summed E-state index contributed by atoms with van der Waals surface area (Å²) in [5, 5.41) is 6.18. The van der Waals surface area contributed by atoms with Crippen molar-refractivity contribution in [1.82, 2.24) is 10.6 Å². The number of benzene rings is 1. The lowest BCUT2D eigenvalue weighted by Gasteiger charge is -2.24. The van der Waals surface area contributed by atoms with Gasteiger partial charge < -0.3 is 20.1 Å². The molecule has 0 radical (unpaired) electrons. The van der Waals surface area contributed by atoms with Crippen molar-refractivity contribution in [3.8, 4) is 11.5 Å². The molecule has 0 spiro atoms. The Morgan fingerprint density at radius 3 is 2.57 bits per heavy atom. The Morgan fingerprint density at radius 2 is 1.90 bits per heavy atom. The Morgan fingerprint density at radius 1 is 1.24 bits per heavy atom. The average molecular weight is 292 g/mol. The first kappa shape index (κ1) is 15.6. The van der Waals surface area contributed by atoms with Gasteiger partial charge in [0.25, 0.3) is 0 Å². The summed E-state index contributed by atoms with van der Waals surface area (Å²) in [6, 6.07) is 5.59. The number of hydrogen-bond acceptors (Lipinski definition) is 4. The zero-order valence-corrected chi connectivity index (χ0v) is 13.2. The molecular formula is C16H24N2O3. The molecule has 1 aliphatic heterocycles. The highest BCUT2D eigenvalue weighted by atomic mass is 16.6. The predicted molar refractivity (Wildman–Crippen MR) is 81.6 cm³/mol. The standard InChI is InChI=1S/C16H24N2O3/c1-11(15(19)18-16(2,3)4)17-10-12-5-6-13-14(9-12)21-8-7-20-13/h5-6,9,11,17H,7-8,10H2,1-4H3,(H,18,19). The average Bonchev–Trinajstić information content (AvgIpc) is 2.42. The van der Waals surface area contributed by atoms with Crippen molar-refractivity contribution >= 4 is 5.91 Å². The molecule has 0 aliphatic carbocycles. The van der Waals surface area contributed by atoms with Gasteiger partial charge in [-0.15, -0.1) is 0 Å². The Balaban J connectivity index is 1.89. The third-order valence-electron chi connectivity index (χ3n) is 3.11. The van der Waals surface area contributed by atoms with Gasteiger partial charge in [-0.1, -0.05) is 6.07 Å².